The van der Waals surface area contributed by atoms with Crippen LogP contribution < -0.4 is 11.1 Å². The van der Waals surface area contributed by atoms with Crippen LogP contribution in [0, 0.1) is 11.3 Å². The zero-order valence-corrected chi connectivity index (χ0v) is 11.8. The number of hydrogen-bond donors (Lipinski definition) is 2. The lowest BCUT2D eigenvalue weighted by atomic mass is 9.92. The second-order valence-electron chi connectivity index (χ2n) is 5.63. The highest BCUT2D eigenvalue weighted by Gasteiger charge is 2.45. The van der Waals surface area contributed by atoms with Crippen molar-refractivity contribution in [3.8, 4) is 0 Å². The minimum atomic E-state index is -0.357. The van der Waals surface area contributed by atoms with Gasteiger partial charge in [-0.15, -0.1) is 0 Å². The van der Waals surface area contributed by atoms with E-state index in [0.717, 1.165) is 6.54 Å². The van der Waals surface area contributed by atoms with E-state index >= 15 is 0 Å². The van der Waals surface area contributed by atoms with Gasteiger partial charge in [0.15, 0.2) is 0 Å². The Labute approximate surface area is 114 Å². The van der Waals surface area contributed by atoms with Gasteiger partial charge in [0.2, 0.25) is 0 Å². The largest absolute Gasteiger partial charge is 0.465 e. The van der Waals surface area contributed by atoms with Crippen molar-refractivity contribution in [1.82, 2.24) is 0 Å². The van der Waals surface area contributed by atoms with Gasteiger partial charge in [-0.25, -0.2) is 4.79 Å². The van der Waals surface area contributed by atoms with Gasteiger partial charge in [-0.05, 0) is 36.3 Å². The van der Waals surface area contributed by atoms with Crippen LogP contribution in [-0.2, 0) is 4.74 Å². The van der Waals surface area contributed by atoms with Gasteiger partial charge in [-0.2, -0.15) is 0 Å². The van der Waals surface area contributed by atoms with Crippen LogP contribution in [0.15, 0.2) is 18.2 Å². The molecule has 0 aliphatic heterocycles. The van der Waals surface area contributed by atoms with Crippen LogP contribution >= 0.6 is 0 Å². The van der Waals surface area contributed by atoms with Crippen LogP contribution in [0.1, 0.15) is 37.0 Å². The fraction of sp³-hybridized carbons (Fsp3) is 0.533. The number of rotatable bonds is 5. The Hall–Kier alpha value is -1.71. The van der Waals surface area contributed by atoms with Gasteiger partial charge in [0.1, 0.15) is 0 Å². The zero-order valence-electron chi connectivity index (χ0n) is 11.8. The second-order valence-corrected chi connectivity index (χ2v) is 5.63. The van der Waals surface area contributed by atoms with Gasteiger partial charge >= 0.3 is 5.97 Å². The molecule has 1 fully saturated rings. The summed E-state index contributed by atoms with van der Waals surface area (Å²) in [5.74, 6) is 0.274. The first-order valence-corrected chi connectivity index (χ1v) is 6.71. The number of anilines is 2. The Bertz CT molecular complexity index is 479. The normalized spacial score (nSPS) is 16.2. The topological polar surface area (TPSA) is 64.3 Å². The van der Waals surface area contributed by atoms with E-state index in [2.05, 4.69) is 19.2 Å². The van der Waals surface area contributed by atoms with E-state index in [1.807, 2.05) is 0 Å². The smallest absolute Gasteiger partial charge is 0.340 e. The average Bonchev–Trinajstić information content (AvgIpc) is 3.17. The predicted octanol–water partition coefficient (Wildman–Crippen LogP) is 2.90. The highest BCUT2D eigenvalue weighted by atomic mass is 16.5. The van der Waals surface area contributed by atoms with Gasteiger partial charge in [0, 0.05) is 6.54 Å². The van der Waals surface area contributed by atoms with E-state index in [4.69, 9.17) is 10.5 Å². The third-order valence-corrected chi connectivity index (χ3v) is 4.24. The van der Waals surface area contributed by atoms with Crippen molar-refractivity contribution in [2.45, 2.75) is 26.7 Å². The molecule has 0 bridgehead atoms. The summed E-state index contributed by atoms with van der Waals surface area (Å²) >= 11 is 0. The molecule has 0 aromatic heterocycles. The Morgan fingerprint density at radius 2 is 2.16 bits per heavy atom. The molecule has 0 amide bonds. The Morgan fingerprint density at radius 1 is 1.47 bits per heavy atom. The van der Waals surface area contributed by atoms with Crippen molar-refractivity contribution in [3.05, 3.63) is 23.8 Å². The Kier molecular flexibility index (Phi) is 3.69. The van der Waals surface area contributed by atoms with Gasteiger partial charge in [0.25, 0.3) is 0 Å². The molecule has 0 heterocycles. The molecule has 0 unspecified atom stereocenters. The minimum Gasteiger partial charge on any atom is -0.465 e. The molecule has 3 N–H and O–H groups in total. The number of nitrogen functional groups attached to an aromatic ring is 1. The van der Waals surface area contributed by atoms with E-state index in [-0.39, 0.29) is 5.97 Å². The molecule has 1 aromatic rings. The third-order valence-electron chi connectivity index (χ3n) is 4.24. The molecule has 0 atom stereocenters. The third kappa shape index (κ3) is 2.67. The van der Waals surface area contributed by atoms with Crippen molar-refractivity contribution in [2.75, 3.05) is 24.7 Å². The predicted molar refractivity (Wildman–Crippen MR) is 77.2 cm³/mol. The van der Waals surface area contributed by atoms with Crippen LogP contribution in [0.3, 0.4) is 0 Å². The number of carbonyl (C=O) groups is 1. The summed E-state index contributed by atoms with van der Waals surface area (Å²) in [5.41, 5.74) is 8.11. The number of nitrogens with two attached hydrogens (primary N) is 1. The average molecular weight is 262 g/mol. The quantitative estimate of drug-likeness (QED) is 0.632. The second kappa shape index (κ2) is 5.11. The fourth-order valence-electron chi connectivity index (χ4n) is 2.43. The van der Waals surface area contributed by atoms with E-state index in [9.17, 15) is 4.79 Å². The maximum absolute atomic E-state index is 11.7. The molecular weight excluding hydrogens is 240 g/mol. The maximum atomic E-state index is 11.7. The van der Waals surface area contributed by atoms with Gasteiger partial charge in [0.05, 0.1) is 24.0 Å². The van der Waals surface area contributed by atoms with Crippen LogP contribution in [0.2, 0.25) is 0 Å². The first kappa shape index (κ1) is 13.7. The summed E-state index contributed by atoms with van der Waals surface area (Å²) in [6.45, 7) is 5.33. The lowest BCUT2D eigenvalue weighted by Crippen LogP contribution is -2.22. The molecule has 0 radical (unpaired) electrons. The van der Waals surface area contributed by atoms with Crippen molar-refractivity contribution in [1.29, 1.82) is 0 Å². The molecule has 1 saturated carbocycles. The molecular formula is C15H22N2O2. The highest BCUT2D eigenvalue weighted by molar-refractivity contribution is 5.98. The summed E-state index contributed by atoms with van der Waals surface area (Å²) in [5, 5.41) is 3.36. The van der Waals surface area contributed by atoms with Crippen molar-refractivity contribution in [2.24, 2.45) is 11.3 Å². The first-order valence-electron chi connectivity index (χ1n) is 6.71. The van der Waals surface area contributed by atoms with E-state index in [1.165, 1.54) is 20.0 Å². The summed E-state index contributed by atoms with van der Waals surface area (Å²) in [4.78, 5) is 11.7. The molecule has 4 heteroatoms. The molecule has 104 valence electrons. The van der Waals surface area contributed by atoms with Crippen molar-refractivity contribution >= 4 is 17.3 Å². The molecule has 1 aromatic carbocycles. The summed E-state index contributed by atoms with van der Waals surface area (Å²) in [7, 11) is 1.38. The van der Waals surface area contributed by atoms with Gasteiger partial charge < -0.3 is 15.8 Å². The molecule has 2 rings (SSSR count). The number of para-hydroxylation sites is 1. The number of hydrogen-bond acceptors (Lipinski definition) is 4. The Morgan fingerprint density at radius 3 is 2.68 bits per heavy atom. The molecule has 4 nitrogen and oxygen atoms in total. The molecule has 0 saturated heterocycles. The standard InChI is InChI=1S/C15H22N2O2/c1-10(2)15(7-8-15)9-17-13-11(14(18)19-3)5-4-6-12(13)16/h4-6,10,17H,7-9,16H2,1-3H3. The molecule has 19 heavy (non-hydrogen) atoms. The molecule has 1 aliphatic carbocycles. The van der Waals surface area contributed by atoms with Crippen LogP contribution in [-0.4, -0.2) is 19.6 Å². The number of ether oxygens (including phenoxy) is 1. The number of esters is 1. The van der Waals surface area contributed by atoms with E-state index in [0.29, 0.717) is 28.3 Å². The van der Waals surface area contributed by atoms with E-state index in [1.54, 1.807) is 18.2 Å². The number of nitrogens with one attached hydrogen (secondary N) is 1. The summed E-state index contributed by atoms with van der Waals surface area (Å²) < 4.78 is 4.79. The van der Waals surface area contributed by atoms with Crippen molar-refractivity contribution < 1.29 is 9.53 Å². The number of carbonyl (C=O) groups excluding carboxylic acids is 1. The number of methoxy groups -OCH3 is 1. The van der Waals surface area contributed by atoms with Crippen molar-refractivity contribution in [3.63, 3.8) is 0 Å². The number of benzene rings is 1. The summed E-state index contributed by atoms with van der Waals surface area (Å²) in [6, 6.07) is 5.30. The lowest BCUT2D eigenvalue weighted by molar-refractivity contribution is 0.0602. The maximum Gasteiger partial charge on any atom is 0.340 e. The van der Waals surface area contributed by atoms with Gasteiger partial charge in [-0.3, -0.25) is 0 Å². The van der Waals surface area contributed by atoms with Crippen LogP contribution in [0.5, 0.6) is 0 Å². The summed E-state index contributed by atoms with van der Waals surface area (Å²) in [6.07, 6.45) is 2.47. The SMILES string of the molecule is COC(=O)c1cccc(N)c1NCC1(C(C)C)CC1. The molecule has 0 spiro atoms. The lowest BCUT2D eigenvalue weighted by Gasteiger charge is -2.22. The van der Waals surface area contributed by atoms with Crippen LogP contribution in [0.25, 0.3) is 0 Å². The monoisotopic (exact) mass is 262 g/mol. The first-order chi connectivity index (χ1) is 9.00. The highest BCUT2D eigenvalue weighted by Crippen LogP contribution is 2.51. The van der Waals surface area contributed by atoms with Crippen LogP contribution in [0.4, 0.5) is 11.4 Å². The molecule has 1 aliphatic rings. The minimum absolute atomic E-state index is 0.357. The van der Waals surface area contributed by atoms with Gasteiger partial charge in [-0.1, -0.05) is 19.9 Å². The fourth-order valence-corrected chi connectivity index (χ4v) is 2.43. The van der Waals surface area contributed by atoms with E-state index < -0.39 is 0 Å². The zero-order chi connectivity index (χ0) is 14.0. The Balaban J connectivity index is 2.18.